The Hall–Kier alpha value is -2.34. The maximum absolute atomic E-state index is 9.29. The van der Waals surface area contributed by atoms with Crippen LogP contribution in [0.5, 0.6) is 0 Å². The monoisotopic (exact) mass is 263 g/mol. The number of benzene rings is 1. The summed E-state index contributed by atoms with van der Waals surface area (Å²) in [6.45, 7) is 3.11. The van der Waals surface area contributed by atoms with Gasteiger partial charge in [-0.15, -0.1) is 0 Å². The SMILES string of the molecule is CCC1c2ccccc2CCN1c1ncccc1C#N. The van der Waals surface area contributed by atoms with Gasteiger partial charge in [-0.2, -0.15) is 5.26 Å². The predicted molar refractivity (Wildman–Crippen MR) is 79.5 cm³/mol. The molecule has 0 aliphatic carbocycles. The minimum atomic E-state index is 0.307. The van der Waals surface area contributed by atoms with Crippen molar-refractivity contribution in [1.29, 1.82) is 5.26 Å². The normalized spacial score (nSPS) is 17.4. The van der Waals surface area contributed by atoms with Crippen LogP contribution in [0.2, 0.25) is 0 Å². The molecule has 2 aromatic rings. The van der Waals surface area contributed by atoms with Gasteiger partial charge in [-0.25, -0.2) is 4.98 Å². The first kappa shape index (κ1) is 12.7. The molecule has 3 rings (SSSR count). The fraction of sp³-hybridized carbons (Fsp3) is 0.294. The van der Waals surface area contributed by atoms with Crippen LogP contribution < -0.4 is 4.90 Å². The molecule has 1 unspecified atom stereocenters. The number of nitrogens with zero attached hydrogens (tertiary/aromatic N) is 3. The molecule has 1 aromatic carbocycles. The van der Waals surface area contributed by atoms with Crippen molar-refractivity contribution >= 4 is 5.82 Å². The van der Waals surface area contributed by atoms with E-state index < -0.39 is 0 Å². The Morgan fingerprint density at radius 1 is 1.30 bits per heavy atom. The second-order valence-electron chi connectivity index (χ2n) is 5.05. The van der Waals surface area contributed by atoms with Gasteiger partial charge in [0.2, 0.25) is 0 Å². The highest BCUT2D eigenvalue weighted by Gasteiger charge is 2.27. The second-order valence-corrected chi connectivity index (χ2v) is 5.05. The molecule has 0 saturated carbocycles. The van der Waals surface area contributed by atoms with E-state index in [1.165, 1.54) is 11.1 Å². The predicted octanol–water partition coefficient (Wildman–Crippen LogP) is 3.47. The van der Waals surface area contributed by atoms with Gasteiger partial charge in [0.1, 0.15) is 11.9 Å². The lowest BCUT2D eigenvalue weighted by Gasteiger charge is -2.38. The second kappa shape index (κ2) is 5.34. The summed E-state index contributed by atoms with van der Waals surface area (Å²) in [5.41, 5.74) is 3.45. The van der Waals surface area contributed by atoms with Crippen molar-refractivity contribution < 1.29 is 0 Å². The molecule has 1 aliphatic heterocycles. The third-order valence-corrected chi connectivity index (χ3v) is 3.98. The van der Waals surface area contributed by atoms with E-state index in [9.17, 15) is 5.26 Å². The van der Waals surface area contributed by atoms with Gasteiger partial charge in [0.05, 0.1) is 11.6 Å². The molecular weight excluding hydrogens is 246 g/mol. The van der Waals surface area contributed by atoms with E-state index in [-0.39, 0.29) is 0 Å². The molecule has 0 spiro atoms. The quantitative estimate of drug-likeness (QED) is 0.833. The summed E-state index contributed by atoms with van der Waals surface area (Å²) in [6, 6.07) is 14.8. The summed E-state index contributed by atoms with van der Waals surface area (Å²) in [7, 11) is 0. The first-order valence-electron chi connectivity index (χ1n) is 7.04. The molecule has 0 fully saturated rings. The first-order valence-corrected chi connectivity index (χ1v) is 7.04. The fourth-order valence-electron chi connectivity index (χ4n) is 3.06. The molecule has 3 heteroatoms. The molecule has 0 radical (unpaired) electrons. The molecule has 0 N–H and O–H groups in total. The number of rotatable bonds is 2. The van der Waals surface area contributed by atoms with Gasteiger partial charge in [0.15, 0.2) is 0 Å². The Morgan fingerprint density at radius 3 is 2.95 bits per heavy atom. The molecular formula is C17H17N3. The largest absolute Gasteiger partial charge is 0.348 e. The van der Waals surface area contributed by atoms with Crippen molar-refractivity contribution in [3.8, 4) is 6.07 Å². The summed E-state index contributed by atoms with van der Waals surface area (Å²) < 4.78 is 0. The van der Waals surface area contributed by atoms with Crippen molar-refractivity contribution in [3.05, 3.63) is 59.3 Å². The van der Waals surface area contributed by atoms with Crippen LogP contribution >= 0.6 is 0 Å². The van der Waals surface area contributed by atoms with Crippen LogP contribution in [0.25, 0.3) is 0 Å². The maximum atomic E-state index is 9.29. The van der Waals surface area contributed by atoms with E-state index in [4.69, 9.17) is 0 Å². The summed E-state index contributed by atoms with van der Waals surface area (Å²) in [5.74, 6) is 0.816. The molecule has 1 atom stereocenters. The number of anilines is 1. The van der Waals surface area contributed by atoms with E-state index in [2.05, 4.69) is 47.1 Å². The number of hydrogen-bond donors (Lipinski definition) is 0. The van der Waals surface area contributed by atoms with Crippen LogP contribution in [0.15, 0.2) is 42.6 Å². The molecule has 0 bridgehead atoms. The average molecular weight is 263 g/mol. The Kier molecular flexibility index (Phi) is 3.39. The van der Waals surface area contributed by atoms with E-state index in [1.54, 1.807) is 6.20 Å². The van der Waals surface area contributed by atoms with Crippen LogP contribution in [0.1, 0.15) is 36.1 Å². The van der Waals surface area contributed by atoms with Crippen molar-refractivity contribution in [2.45, 2.75) is 25.8 Å². The van der Waals surface area contributed by atoms with Crippen LogP contribution in [0, 0.1) is 11.3 Å². The first-order chi connectivity index (χ1) is 9.85. The minimum absolute atomic E-state index is 0.307. The highest BCUT2D eigenvalue weighted by Crippen LogP contribution is 2.35. The molecule has 2 heterocycles. The summed E-state index contributed by atoms with van der Waals surface area (Å²) in [4.78, 5) is 6.73. The van der Waals surface area contributed by atoms with E-state index in [0.717, 1.165) is 25.2 Å². The van der Waals surface area contributed by atoms with Gasteiger partial charge in [-0.05, 0) is 36.1 Å². The zero-order chi connectivity index (χ0) is 13.9. The topological polar surface area (TPSA) is 39.9 Å². The van der Waals surface area contributed by atoms with Crippen LogP contribution in [-0.2, 0) is 6.42 Å². The molecule has 100 valence electrons. The Bertz CT molecular complexity index is 657. The van der Waals surface area contributed by atoms with Gasteiger partial charge in [-0.1, -0.05) is 31.2 Å². The number of hydrogen-bond acceptors (Lipinski definition) is 3. The van der Waals surface area contributed by atoms with Crippen LogP contribution in [-0.4, -0.2) is 11.5 Å². The Morgan fingerprint density at radius 2 is 2.15 bits per heavy atom. The molecule has 0 amide bonds. The van der Waals surface area contributed by atoms with Crippen molar-refractivity contribution in [1.82, 2.24) is 4.98 Å². The zero-order valence-electron chi connectivity index (χ0n) is 11.6. The molecule has 3 nitrogen and oxygen atoms in total. The Labute approximate surface area is 119 Å². The molecule has 0 saturated heterocycles. The number of fused-ring (bicyclic) bond motifs is 1. The van der Waals surface area contributed by atoms with Gasteiger partial charge in [0, 0.05) is 12.7 Å². The lowest BCUT2D eigenvalue weighted by molar-refractivity contribution is 0.561. The smallest absolute Gasteiger partial charge is 0.147 e. The highest BCUT2D eigenvalue weighted by molar-refractivity contribution is 5.56. The third-order valence-electron chi connectivity index (χ3n) is 3.98. The van der Waals surface area contributed by atoms with Gasteiger partial charge < -0.3 is 4.90 Å². The third kappa shape index (κ3) is 2.04. The van der Waals surface area contributed by atoms with Crippen molar-refractivity contribution in [2.24, 2.45) is 0 Å². The van der Waals surface area contributed by atoms with E-state index in [0.29, 0.717) is 11.6 Å². The van der Waals surface area contributed by atoms with E-state index in [1.807, 2.05) is 12.1 Å². The van der Waals surface area contributed by atoms with Crippen LogP contribution in [0.4, 0.5) is 5.82 Å². The van der Waals surface area contributed by atoms with Gasteiger partial charge in [0.25, 0.3) is 0 Å². The number of pyridine rings is 1. The molecule has 20 heavy (non-hydrogen) atoms. The summed E-state index contributed by atoms with van der Waals surface area (Å²) in [6.07, 6.45) is 3.79. The lowest BCUT2D eigenvalue weighted by Crippen LogP contribution is -2.36. The summed E-state index contributed by atoms with van der Waals surface area (Å²) in [5, 5.41) is 9.29. The fourth-order valence-corrected chi connectivity index (χ4v) is 3.06. The van der Waals surface area contributed by atoms with E-state index >= 15 is 0 Å². The van der Waals surface area contributed by atoms with Crippen molar-refractivity contribution in [3.63, 3.8) is 0 Å². The van der Waals surface area contributed by atoms with Gasteiger partial charge >= 0.3 is 0 Å². The molecule has 1 aromatic heterocycles. The number of nitriles is 1. The average Bonchev–Trinajstić information content (AvgIpc) is 2.53. The highest BCUT2D eigenvalue weighted by atomic mass is 15.2. The van der Waals surface area contributed by atoms with Gasteiger partial charge in [-0.3, -0.25) is 0 Å². The number of aromatic nitrogens is 1. The maximum Gasteiger partial charge on any atom is 0.147 e. The Balaban J connectivity index is 2.06. The standard InChI is InChI=1S/C17H17N3/c1-2-16-15-8-4-3-6-13(15)9-11-20(16)17-14(12-18)7-5-10-19-17/h3-8,10,16H,2,9,11H2,1H3. The zero-order valence-corrected chi connectivity index (χ0v) is 11.6. The van der Waals surface area contributed by atoms with Crippen LogP contribution in [0.3, 0.4) is 0 Å². The van der Waals surface area contributed by atoms with Crippen molar-refractivity contribution in [2.75, 3.05) is 11.4 Å². The molecule has 1 aliphatic rings. The minimum Gasteiger partial charge on any atom is -0.348 e. The lowest BCUT2D eigenvalue weighted by atomic mass is 9.91. The summed E-state index contributed by atoms with van der Waals surface area (Å²) >= 11 is 0.